The third-order valence-corrected chi connectivity index (χ3v) is 8.07. The van der Waals surface area contributed by atoms with Gasteiger partial charge in [-0.3, -0.25) is 4.79 Å². The van der Waals surface area contributed by atoms with Gasteiger partial charge < -0.3 is 19.1 Å². The van der Waals surface area contributed by atoms with E-state index in [-0.39, 0.29) is 24.0 Å². The summed E-state index contributed by atoms with van der Waals surface area (Å²) in [5.74, 6) is -4.17. The summed E-state index contributed by atoms with van der Waals surface area (Å²) in [4.78, 5) is 41.0. The van der Waals surface area contributed by atoms with Gasteiger partial charge >= 0.3 is 17.7 Å². The Bertz CT molecular complexity index is 1380. The number of hydrogen-bond acceptors (Lipinski definition) is 7. The Hall–Kier alpha value is -4.07. The van der Waals surface area contributed by atoms with E-state index in [0.29, 0.717) is 12.1 Å². The van der Waals surface area contributed by atoms with Crippen LogP contribution in [0, 0.1) is 0 Å². The third kappa shape index (κ3) is 7.48. The van der Waals surface area contributed by atoms with Crippen LogP contribution in [0.2, 0.25) is 0 Å². The molecule has 5 rings (SSSR count). The Labute approximate surface area is 253 Å². The first-order valence-electron chi connectivity index (χ1n) is 14.9. The number of piperidine rings is 1. The van der Waals surface area contributed by atoms with Crippen LogP contribution in [0.1, 0.15) is 73.2 Å². The zero-order chi connectivity index (χ0) is 30.5. The van der Waals surface area contributed by atoms with Gasteiger partial charge in [-0.2, -0.15) is 0 Å². The van der Waals surface area contributed by atoms with Crippen LogP contribution in [0.3, 0.4) is 0 Å². The lowest BCUT2D eigenvalue weighted by Gasteiger charge is -2.36. The molecule has 3 aromatic rings. The highest BCUT2D eigenvalue weighted by Gasteiger charge is 2.48. The number of benzene rings is 3. The van der Waals surface area contributed by atoms with Crippen LogP contribution in [0.25, 0.3) is 0 Å². The van der Waals surface area contributed by atoms with Crippen molar-refractivity contribution >= 4 is 17.7 Å². The van der Waals surface area contributed by atoms with Crippen LogP contribution in [-0.4, -0.2) is 54.1 Å². The summed E-state index contributed by atoms with van der Waals surface area (Å²) in [6.07, 6.45) is 3.50. The zero-order valence-corrected chi connectivity index (χ0v) is 25.0. The molecule has 0 radical (unpaired) electrons. The smallest absolute Gasteiger partial charge is 0.334 e. The molecular formula is C36H39NO6. The standard InChI is InChI=1S/C36H39NO6/c1-35(2,3)29-16-14-28(15-17-29)34(40)36(42-31(38)18-19-32(39)43-36)22-25-37-23-20-30(21-24-37)41-33(26-10-6-4-7-11-26)27-12-8-5-9-13-27/h4-19,30,33H,20-25H2,1-3H3. The number of carbonyl (C=O) groups excluding carboxylic acids is 3. The van der Waals surface area contributed by atoms with Gasteiger partial charge in [-0.05, 0) is 34.9 Å². The highest BCUT2D eigenvalue weighted by Crippen LogP contribution is 2.32. The van der Waals surface area contributed by atoms with Crippen molar-refractivity contribution in [3.8, 4) is 0 Å². The minimum Gasteiger partial charge on any atom is -0.411 e. The summed E-state index contributed by atoms with van der Waals surface area (Å²) >= 11 is 0. The van der Waals surface area contributed by atoms with E-state index in [2.05, 4.69) is 49.9 Å². The van der Waals surface area contributed by atoms with Crippen molar-refractivity contribution in [2.75, 3.05) is 19.6 Å². The van der Waals surface area contributed by atoms with Gasteiger partial charge in [0.05, 0.1) is 6.10 Å². The number of ketones is 1. The molecule has 0 spiro atoms. The number of cyclic esters (lactones) is 2. The van der Waals surface area contributed by atoms with Crippen molar-refractivity contribution in [2.24, 2.45) is 0 Å². The number of hydrogen-bond donors (Lipinski definition) is 0. The molecule has 3 aromatic carbocycles. The topological polar surface area (TPSA) is 82.1 Å². The SMILES string of the molecule is CC(C)(C)c1ccc(C(=O)C2(CCN3CCC(OC(c4ccccc4)c4ccccc4)CC3)OC(=O)C=CC(=O)O2)cc1. The minimum atomic E-state index is -2.04. The van der Waals surface area contributed by atoms with Crippen molar-refractivity contribution in [2.45, 2.75) is 63.4 Å². The largest absolute Gasteiger partial charge is 0.411 e. The van der Waals surface area contributed by atoms with E-state index in [1.807, 2.05) is 48.5 Å². The maximum absolute atomic E-state index is 13.8. The molecule has 2 heterocycles. The van der Waals surface area contributed by atoms with Crippen LogP contribution in [0.5, 0.6) is 0 Å². The summed E-state index contributed by atoms with van der Waals surface area (Å²) in [5, 5.41) is 0. The predicted molar refractivity (Wildman–Crippen MR) is 163 cm³/mol. The fourth-order valence-corrected chi connectivity index (χ4v) is 5.57. The number of Topliss-reactive ketones (excluding diaryl/α,β-unsaturated/α-hetero) is 1. The molecule has 2 aliphatic rings. The molecule has 0 atom stereocenters. The van der Waals surface area contributed by atoms with Crippen molar-refractivity contribution < 1.29 is 28.6 Å². The van der Waals surface area contributed by atoms with E-state index in [9.17, 15) is 14.4 Å². The maximum Gasteiger partial charge on any atom is 0.334 e. The average Bonchev–Trinajstić information content (AvgIpc) is 3.17. The molecule has 1 saturated heterocycles. The van der Waals surface area contributed by atoms with Crippen LogP contribution in [0.4, 0.5) is 0 Å². The van der Waals surface area contributed by atoms with Crippen molar-refractivity contribution in [3.05, 3.63) is 119 Å². The van der Waals surface area contributed by atoms with E-state index in [1.165, 1.54) is 0 Å². The first-order chi connectivity index (χ1) is 20.6. The van der Waals surface area contributed by atoms with Gasteiger partial charge in [0.1, 0.15) is 6.10 Å². The molecule has 0 unspecified atom stereocenters. The average molecular weight is 582 g/mol. The lowest BCUT2D eigenvalue weighted by Crippen LogP contribution is -2.49. The van der Waals surface area contributed by atoms with Gasteiger partial charge in [-0.15, -0.1) is 0 Å². The number of likely N-dealkylation sites (tertiary alicyclic amines) is 1. The normalized spacial score (nSPS) is 17.8. The molecule has 0 aliphatic carbocycles. The van der Waals surface area contributed by atoms with Gasteiger partial charge in [0, 0.05) is 43.8 Å². The molecule has 2 aliphatic heterocycles. The quantitative estimate of drug-likeness (QED) is 0.220. The fraction of sp³-hybridized carbons (Fsp3) is 0.361. The molecular weight excluding hydrogens is 542 g/mol. The lowest BCUT2D eigenvalue weighted by molar-refractivity contribution is -0.204. The van der Waals surface area contributed by atoms with Crippen molar-refractivity contribution in [1.29, 1.82) is 0 Å². The Kier molecular flexibility index (Phi) is 9.23. The van der Waals surface area contributed by atoms with Gasteiger partial charge in [-0.1, -0.05) is 106 Å². The lowest BCUT2D eigenvalue weighted by atomic mass is 9.86. The maximum atomic E-state index is 13.8. The molecule has 1 fully saturated rings. The molecule has 7 nitrogen and oxygen atoms in total. The van der Waals surface area contributed by atoms with Crippen LogP contribution >= 0.6 is 0 Å². The van der Waals surface area contributed by atoms with Crippen LogP contribution in [0.15, 0.2) is 97.1 Å². The molecule has 0 aromatic heterocycles. The highest BCUT2D eigenvalue weighted by atomic mass is 16.7. The second kappa shape index (κ2) is 13.1. The molecule has 7 heteroatoms. The Balaban J connectivity index is 1.26. The van der Waals surface area contributed by atoms with Gasteiger partial charge in [-0.25, -0.2) is 9.59 Å². The van der Waals surface area contributed by atoms with E-state index in [4.69, 9.17) is 14.2 Å². The molecule has 0 saturated carbocycles. The fourth-order valence-electron chi connectivity index (χ4n) is 5.57. The van der Waals surface area contributed by atoms with E-state index in [0.717, 1.165) is 54.8 Å². The Morgan fingerprint density at radius 2 is 1.35 bits per heavy atom. The van der Waals surface area contributed by atoms with E-state index < -0.39 is 23.5 Å². The molecule has 0 amide bonds. The molecule has 0 bridgehead atoms. The minimum absolute atomic E-state index is 0.0220. The third-order valence-electron chi connectivity index (χ3n) is 8.07. The van der Waals surface area contributed by atoms with Gasteiger partial charge in [0.2, 0.25) is 5.78 Å². The number of ether oxygens (including phenoxy) is 3. The summed E-state index contributed by atoms with van der Waals surface area (Å²) < 4.78 is 17.8. The molecule has 0 N–H and O–H groups in total. The summed E-state index contributed by atoms with van der Waals surface area (Å²) in [5.41, 5.74) is 3.50. The second-order valence-electron chi connectivity index (χ2n) is 12.2. The number of nitrogens with zero attached hydrogens (tertiary/aromatic N) is 1. The van der Waals surface area contributed by atoms with Crippen molar-refractivity contribution in [1.82, 2.24) is 4.90 Å². The van der Waals surface area contributed by atoms with E-state index >= 15 is 0 Å². The first-order valence-corrected chi connectivity index (χ1v) is 14.9. The van der Waals surface area contributed by atoms with Crippen molar-refractivity contribution in [3.63, 3.8) is 0 Å². The highest BCUT2D eigenvalue weighted by molar-refractivity contribution is 6.06. The van der Waals surface area contributed by atoms with E-state index in [1.54, 1.807) is 12.1 Å². The number of carbonyl (C=O) groups is 3. The zero-order valence-electron chi connectivity index (χ0n) is 25.0. The first kappa shape index (κ1) is 30.4. The molecule has 43 heavy (non-hydrogen) atoms. The summed E-state index contributed by atoms with van der Waals surface area (Å²) in [6, 6.07) is 27.6. The monoisotopic (exact) mass is 581 g/mol. The number of esters is 2. The predicted octanol–water partition coefficient (Wildman–Crippen LogP) is 6.18. The summed E-state index contributed by atoms with van der Waals surface area (Å²) in [7, 11) is 0. The second-order valence-corrected chi connectivity index (χ2v) is 12.2. The number of rotatable bonds is 9. The van der Waals surface area contributed by atoms with Crippen LogP contribution in [-0.2, 0) is 29.2 Å². The summed E-state index contributed by atoms with van der Waals surface area (Å²) in [6.45, 7) is 8.12. The van der Waals surface area contributed by atoms with Gasteiger partial charge in [0.25, 0.3) is 0 Å². The van der Waals surface area contributed by atoms with Crippen LogP contribution < -0.4 is 0 Å². The van der Waals surface area contributed by atoms with Gasteiger partial charge in [0.15, 0.2) is 0 Å². The Morgan fingerprint density at radius 3 is 1.84 bits per heavy atom. The Morgan fingerprint density at radius 1 is 0.837 bits per heavy atom. The molecule has 224 valence electrons.